The van der Waals surface area contributed by atoms with Crippen LogP contribution in [0.15, 0.2) is 0 Å². The van der Waals surface area contributed by atoms with Gasteiger partial charge in [0.05, 0.1) is 0 Å². The molecule has 2 N–H and O–H groups in total. The normalized spacial score (nSPS) is 24.3. The molecule has 106 valence electrons. The third-order valence-electron chi connectivity index (χ3n) is 4.21. The van der Waals surface area contributed by atoms with Crippen molar-refractivity contribution in [2.75, 3.05) is 50.8 Å². The fraction of sp³-hybridized carbons (Fsp3) is 1.00. The maximum Gasteiger partial charge on any atom is 0.0227 e. The number of thioether (sulfide) groups is 1. The van der Waals surface area contributed by atoms with Crippen LogP contribution in [0.2, 0.25) is 0 Å². The number of hydrogen-bond acceptors (Lipinski definition) is 4. The van der Waals surface area contributed by atoms with E-state index in [1.165, 1.54) is 63.5 Å². The molecule has 3 nitrogen and oxygen atoms in total. The third kappa shape index (κ3) is 4.72. The first kappa shape index (κ1) is 14.6. The van der Waals surface area contributed by atoms with Gasteiger partial charge in [0.2, 0.25) is 0 Å². The zero-order chi connectivity index (χ0) is 12.8. The van der Waals surface area contributed by atoms with Crippen LogP contribution >= 0.6 is 11.8 Å². The minimum Gasteiger partial charge on any atom is -0.329 e. The lowest BCUT2D eigenvalue weighted by Gasteiger charge is -2.39. The van der Waals surface area contributed by atoms with Gasteiger partial charge in [0.15, 0.2) is 0 Å². The Kier molecular flexibility index (Phi) is 6.29. The summed E-state index contributed by atoms with van der Waals surface area (Å²) in [6.07, 6.45) is 4.21. The van der Waals surface area contributed by atoms with Crippen molar-refractivity contribution >= 4 is 11.8 Å². The predicted molar refractivity (Wildman–Crippen MR) is 81.2 cm³/mol. The number of nitrogens with two attached hydrogens (primary N) is 1. The lowest BCUT2D eigenvalue weighted by molar-refractivity contribution is 0.0945. The van der Waals surface area contributed by atoms with Gasteiger partial charge in [-0.3, -0.25) is 4.90 Å². The van der Waals surface area contributed by atoms with Gasteiger partial charge in [0.25, 0.3) is 0 Å². The summed E-state index contributed by atoms with van der Waals surface area (Å²) in [4.78, 5) is 5.28. The number of piperazine rings is 1. The predicted octanol–water partition coefficient (Wildman–Crippen LogP) is 1.48. The molecule has 0 radical (unpaired) electrons. The molecule has 2 aliphatic rings. The van der Waals surface area contributed by atoms with Gasteiger partial charge in [0, 0.05) is 45.3 Å². The van der Waals surface area contributed by atoms with E-state index >= 15 is 0 Å². The first-order chi connectivity index (χ1) is 8.83. The summed E-state index contributed by atoms with van der Waals surface area (Å²) in [6, 6.07) is 0.618. The van der Waals surface area contributed by atoms with Crippen molar-refractivity contribution in [2.24, 2.45) is 11.7 Å². The second-order valence-electron chi connectivity index (χ2n) is 5.66. The highest BCUT2D eigenvalue weighted by Gasteiger charge is 2.27. The van der Waals surface area contributed by atoms with E-state index in [1.54, 1.807) is 0 Å². The summed E-state index contributed by atoms with van der Waals surface area (Å²) in [5, 5.41) is 0. The molecule has 18 heavy (non-hydrogen) atoms. The van der Waals surface area contributed by atoms with Crippen molar-refractivity contribution in [3.8, 4) is 0 Å². The van der Waals surface area contributed by atoms with Crippen LogP contribution in [0, 0.1) is 5.92 Å². The van der Waals surface area contributed by atoms with Crippen molar-refractivity contribution in [3.63, 3.8) is 0 Å². The highest BCUT2D eigenvalue weighted by molar-refractivity contribution is 7.99. The summed E-state index contributed by atoms with van der Waals surface area (Å²) >= 11 is 2.04. The average molecular weight is 271 g/mol. The van der Waals surface area contributed by atoms with Crippen LogP contribution in [0.25, 0.3) is 0 Å². The molecule has 1 unspecified atom stereocenters. The van der Waals surface area contributed by atoms with E-state index in [-0.39, 0.29) is 0 Å². The molecule has 0 bridgehead atoms. The van der Waals surface area contributed by atoms with E-state index in [1.807, 2.05) is 11.8 Å². The van der Waals surface area contributed by atoms with Crippen LogP contribution in [0.5, 0.6) is 0 Å². The molecule has 1 atom stereocenters. The molecule has 2 fully saturated rings. The SMILES string of the molecule is CCSCCC(CN)N1CCN(CC2CC2)CC1. The van der Waals surface area contributed by atoms with Gasteiger partial charge in [-0.25, -0.2) is 0 Å². The molecule has 4 heteroatoms. The fourth-order valence-electron chi connectivity index (χ4n) is 2.79. The molecule has 0 aromatic rings. The molecular weight excluding hydrogens is 242 g/mol. The monoisotopic (exact) mass is 271 g/mol. The van der Waals surface area contributed by atoms with E-state index in [0.29, 0.717) is 6.04 Å². The molecular formula is C14H29N3S. The second kappa shape index (κ2) is 7.73. The molecule has 0 aromatic heterocycles. The molecule has 0 aromatic carbocycles. The van der Waals surface area contributed by atoms with Gasteiger partial charge in [-0.05, 0) is 36.7 Å². The zero-order valence-electron chi connectivity index (χ0n) is 11.8. The Labute approximate surface area is 116 Å². The van der Waals surface area contributed by atoms with E-state index < -0.39 is 0 Å². The van der Waals surface area contributed by atoms with Crippen LogP contribution in [0.4, 0.5) is 0 Å². The number of nitrogens with zero attached hydrogens (tertiary/aromatic N) is 2. The van der Waals surface area contributed by atoms with Gasteiger partial charge < -0.3 is 10.6 Å². The van der Waals surface area contributed by atoms with Crippen molar-refractivity contribution in [2.45, 2.75) is 32.2 Å². The van der Waals surface area contributed by atoms with Gasteiger partial charge >= 0.3 is 0 Å². The molecule has 1 aliphatic carbocycles. The van der Waals surface area contributed by atoms with E-state index in [2.05, 4.69) is 16.7 Å². The van der Waals surface area contributed by atoms with Crippen LogP contribution in [0.1, 0.15) is 26.2 Å². The number of hydrogen-bond donors (Lipinski definition) is 1. The van der Waals surface area contributed by atoms with Crippen molar-refractivity contribution < 1.29 is 0 Å². The Morgan fingerprint density at radius 2 is 1.94 bits per heavy atom. The maximum absolute atomic E-state index is 5.95. The lowest BCUT2D eigenvalue weighted by Crippen LogP contribution is -2.52. The molecule has 0 spiro atoms. The standard InChI is InChI=1S/C14H29N3S/c1-2-18-10-5-14(11-15)17-8-6-16(7-9-17)12-13-3-4-13/h13-14H,2-12,15H2,1H3. The minimum atomic E-state index is 0.618. The maximum atomic E-state index is 5.95. The molecule has 2 rings (SSSR count). The summed E-state index contributed by atoms with van der Waals surface area (Å²) in [6.45, 7) is 9.39. The average Bonchev–Trinajstić information content (AvgIpc) is 3.20. The third-order valence-corrected chi connectivity index (χ3v) is 5.14. The van der Waals surface area contributed by atoms with Crippen molar-refractivity contribution in [1.29, 1.82) is 0 Å². The second-order valence-corrected chi connectivity index (χ2v) is 7.05. The molecule has 1 aliphatic heterocycles. The highest BCUT2D eigenvalue weighted by Crippen LogP contribution is 2.30. The Morgan fingerprint density at radius 3 is 2.50 bits per heavy atom. The first-order valence-electron chi connectivity index (χ1n) is 7.57. The Balaban J connectivity index is 1.65. The Bertz CT molecular complexity index is 225. The smallest absolute Gasteiger partial charge is 0.0227 e. The van der Waals surface area contributed by atoms with Crippen LogP contribution in [-0.4, -0.2) is 66.6 Å². The van der Waals surface area contributed by atoms with Crippen LogP contribution in [-0.2, 0) is 0 Å². The highest BCUT2D eigenvalue weighted by atomic mass is 32.2. The summed E-state index contributed by atoms with van der Waals surface area (Å²) in [5.74, 6) is 3.52. The number of rotatable bonds is 8. The molecule has 1 heterocycles. The topological polar surface area (TPSA) is 32.5 Å². The van der Waals surface area contributed by atoms with Gasteiger partial charge in [0.1, 0.15) is 0 Å². The van der Waals surface area contributed by atoms with Crippen molar-refractivity contribution in [3.05, 3.63) is 0 Å². The van der Waals surface area contributed by atoms with Crippen LogP contribution in [0.3, 0.4) is 0 Å². The lowest BCUT2D eigenvalue weighted by atomic mass is 10.1. The molecule has 0 amide bonds. The fourth-order valence-corrected chi connectivity index (χ4v) is 3.52. The first-order valence-corrected chi connectivity index (χ1v) is 8.73. The summed E-state index contributed by atoms with van der Waals surface area (Å²) < 4.78 is 0. The van der Waals surface area contributed by atoms with E-state index in [4.69, 9.17) is 5.73 Å². The summed E-state index contributed by atoms with van der Waals surface area (Å²) in [7, 11) is 0. The Hall–Kier alpha value is 0.230. The molecule has 1 saturated heterocycles. The minimum absolute atomic E-state index is 0.618. The van der Waals surface area contributed by atoms with E-state index in [0.717, 1.165) is 12.5 Å². The quantitative estimate of drug-likeness (QED) is 0.678. The van der Waals surface area contributed by atoms with Gasteiger partial charge in [-0.2, -0.15) is 11.8 Å². The molecule has 1 saturated carbocycles. The largest absolute Gasteiger partial charge is 0.329 e. The van der Waals surface area contributed by atoms with Crippen LogP contribution < -0.4 is 5.73 Å². The summed E-state index contributed by atoms with van der Waals surface area (Å²) in [5.41, 5.74) is 5.95. The van der Waals surface area contributed by atoms with Gasteiger partial charge in [-0.15, -0.1) is 0 Å². The van der Waals surface area contributed by atoms with Gasteiger partial charge in [-0.1, -0.05) is 6.92 Å². The zero-order valence-corrected chi connectivity index (χ0v) is 12.6. The van der Waals surface area contributed by atoms with Crippen molar-refractivity contribution in [1.82, 2.24) is 9.80 Å². The Morgan fingerprint density at radius 1 is 1.22 bits per heavy atom. The van der Waals surface area contributed by atoms with E-state index in [9.17, 15) is 0 Å².